The van der Waals surface area contributed by atoms with E-state index in [0.29, 0.717) is 0 Å². The fourth-order valence-electron chi connectivity index (χ4n) is 0.533. The van der Waals surface area contributed by atoms with Crippen LogP contribution in [0.2, 0.25) is 6.32 Å². The second kappa shape index (κ2) is 3.39. The Balaban J connectivity index is 2.04. The van der Waals surface area contributed by atoms with Crippen molar-refractivity contribution in [3.8, 4) is 0 Å². The van der Waals surface area contributed by atoms with Gasteiger partial charge in [0.05, 0.1) is 0 Å². The molecule has 1 radical (unpaired) electrons. The summed E-state index contributed by atoms with van der Waals surface area (Å²) >= 11 is 1.56. The summed E-state index contributed by atoms with van der Waals surface area (Å²) in [6.07, 6.45) is 3.74. The summed E-state index contributed by atoms with van der Waals surface area (Å²) in [5, 5.41) is 0. The first kappa shape index (κ1) is 5.51. The molecule has 3 heteroatoms. The maximum absolute atomic E-state index is 4.99. The lowest BCUT2D eigenvalue weighted by atomic mass is 9.93. The highest BCUT2D eigenvalue weighted by Gasteiger charge is 1.99. The summed E-state index contributed by atoms with van der Waals surface area (Å²) in [7, 11) is 1.89. The lowest BCUT2D eigenvalue weighted by Gasteiger charge is -1.88. The summed E-state index contributed by atoms with van der Waals surface area (Å²) in [5.41, 5.74) is 0. The van der Waals surface area contributed by atoms with Gasteiger partial charge in [-0.25, -0.2) is 0 Å². The van der Waals surface area contributed by atoms with Crippen molar-refractivity contribution in [1.82, 2.24) is 0 Å². The number of hydrogen-bond acceptors (Lipinski definition) is 2. The zero-order chi connectivity index (χ0) is 4.95. The second-order valence-electron chi connectivity index (χ2n) is 1.58. The average molecular weight is 115 g/mol. The summed E-state index contributed by atoms with van der Waals surface area (Å²) in [5.74, 6) is 1.16. The largest absolute Gasteiger partial charge is 0.382 e. The fourth-order valence-corrected chi connectivity index (χ4v) is 1.14. The van der Waals surface area contributed by atoms with Crippen LogP contribution in [0.5, 0.6) is 0 Å². The molecule has 1 heterocycles. The van der Waals surface area contributed by atoms with Crippen LogP contribution < -0.4 is 0 Å². The Kier molecular flexibility index (Phi) is 2.67. The van der Waals surface area contributed by atoms with Gasteiger partial charge in [-0.15, -0.1) is 0 Å². The highest BCUT2D eigenvalue weighted by Crippen LogP contribution is 2.12. The van der Waals surface area contributed by atoms with Gasteiger partial charge in [-0.2, -0.15) is 0 Å². The minimum absolute atomic E-state index is 1.13. The summed E-state index contributed by atoms with van der Waals surface area (Å²) in [6, 6.07) is 0. The minimum Gasteiger partial charge on any atom is -0.382 e. The molecule has 7 heavy (non-hydrogen) atoms. The van der Waals surface area contributed by atoms with Gasteiger partial charge in [0, 0.05) is 5.75 Å². The Morgan fingerprint density at radius 2 is 2.43 bits per heavy atom. The van der Waals surface area contributed by atoms with Gasteiger partial charge in [0.25, 0.3) is 0 Å². The molecular weight excluding hydrogens is 107 g/mol. The minimum atomic E-state index is 1.13. The summed E-state index contributed by atoms with van der Waals surface area (Å²) in [4.78, 5) is 0. The van der Waals surface area contributed by atoms with E-state index in [1.165, 1.54) is 12.8 Å². The van der Waals surface area contributed by atoms with Crippen LogP contribution in [-0.4, -0.2) is 13.2 Å². The highest BCUT2D eigenvalue weighted by molar-refractivity contribution is 7.95. The van der Waals surface area contributed by atoms with Crippen LogP contribution in [0.15, 0.2) is 0 Å². The highest BCUT2D eigenvalue weighted by atomic mass is 32.2. The van der Waals surface area contributed by atoms with Crippen molar-refractivity contribution in [3.05, 3.63) is 0 Å². The van der Waals surface area contributed by atoms with Crippen LogP contribution in [0.1, 0.15) is 12.8 Å². The molecule has 1 rings (SSSR count). The van der Waals surface area contributed by atoms with Crippen molar-refractivity contribution >= 4 is 19.5 Å². The van der Waals surface area contributed by atoms with Crippen molar-refractivity contribution < 1.29 is 4.10 Å². The molecule has 0 atom stereocenters. The van der Waals surface area contributed by atoms with Gasteiger partial charge in [0.2, 0.25) is 0 Å². The zero-order valence-electron chi connectivity index (χ0n) is 4.22. The van der Waals surface area contributed by atoms with Crippen molar-refractivity contribution in [1.29, 1.82) is 0 Å². The lowest BCUT2D eigenvalue weighted by Crippen LogP contribution is -1.84. The molecule has 0 spiro atoms. The molecule has 0 amide bonds. The first-order valence-corrected chi connectivity index (χ1v) is 3.51. The van der Waals surface area contributed by atoms with E-state index in [9.17, 15) is 0 Å². The maximum atomic E-state index is 4.99. The van der Waals surface area contributed by atoms with Gasteiger partial charge >= 0.3 is 7.48 Å². The Bertz CT molecular complexity index is 31.3. The molecule has 0 aromatic heterocycles. The van der Waals surface area contributed by atoms with E-state index in [2.05, 4.69) is 0 Å². The van der Waals surface area contributed by atoms with E-state index >= 15 is 0 Å². The lowest BCUT2D eigenvalue weighted by molar-refractivity contribution is 0.700. The van der Waals surface area contributed by atoms with Crippen LogP contribution in [0, 0.1) is 0 Å². The monoisotopic (exact) mass is 115 g/mol. The summed E-state index contributed by atoms with van der Waals surface area (Å²) in [6.45, 7) is 0. The van der Waals surface area contributed by atoms with Crippen LogP contribution in [0.3, 0.4) is 0 Å². The van der Waals surface area contributed by atoms with E-state index in [0.717, 1.165) is 12.1 Å². The number of rotatable bonds is 0. The molecule has 39 valence electrons. The molecule has 0 unspecified atom stereocenters. The van der Waals surface area contributed by atoms with Crippen LogP contribution in [0.4, 0.5) is 0 Å². The molecule has 0 aromatic carbocycles. The van der Waals surface area contributed by atoms with Crippen LogP contribution in [0.25, 0.3) is 0 Å². The van der Waals surface area contributed by atoms with Gasteiger partial charge in [-0.3, -0.25) is 0 Å². The van der Waals surface area contributed by atoms with Gasteiger partial charge in [0.15, 0.2) is 0 Å². The smallest absolute Gasteiger partial charge is 0.313 e. The van der Waals surface area contributed by atoms with Crippen LogP contribution >= 0.6 is 12.0 Å². The molecule has 0 aliphatic carbocycles. The Morgan fingerprint density at radius 1 is 1.43 bits per heavy atom. The molecule has 1 aliphatic rings. The van der Waals surface area contributed by atoms with Crippen molar-refractivity contribution in [3.63, 3.8) is 0 Å². The van der Waals surface area contributed by atoms with E-state index < -0.39 is 0 Å². The normalized spacial score (nSPS) is 22.9. The topological polar surface area (TPSA) is 9.23 Å². The molecule has 1 aliphatic heterocycles. The molecule has 1 nitrogen and oxygen atoms in total. The molecule has 0 saturated carbocycles. The quantitative estimate of drug-likeness (QED) is 0.349. The Morgan fingerprint density at radius 3 is 3.43 bits per heavy atom. The summed E-state index contributed by atoms with van der Waals surface area (Å²) < 4.78 is 4.99. The third kappa shape index (κ3) is 2.24. The molecule has 1 fully saturated rings. The predicted octanol–water partition coefficient (Wildman–Crippen LogP) is 1.48. The van der Waals surface area contributed by atoms with Crippen molar-refractivity contribution in [2.75, 3.05) is 5.75 Å². The molecule has 0 aromatic rings. The maximum Gasteiger partial charge on any atom is 0.313 e. The molecule has 0 N–H and O–H groups in total. The predicted molar refractivity (Wildman–Crippen MR) is 33.3 cm³/mol. The third-order valence-electron chi connectivity index (χ3n) is 0.936. The van der Waals surface area contributed by atoms with E-state index in [1.807, 2.05) is 7.48 Å². The van der Waals surface area contributed by atoms with Gasteiger partial charge in [-0.05, 0) is 18.5 Å². The van der Waals surface area contributed by atoms with Gasteiger partial charge in [0.1, 0.15) is 0 Å². The number of hydrogen-bond donors (Lipinski definition) is 0. The van der Waals surface area contributed by atoms with Crippen molar-refractivity contribution in [2.24, 2.45) is 0 Å². The van der Waals surface area contributed by atoms with E-state index in [1.54, 1.807) is 12.0 Å². The Labute approximate surface area is 49.3 Å². The second-order valence-corrected chi connectivity index (χ2v) is 2.42. The first-order valence-electron chi connectivity index (χ1n) is 2.60. The SMILES string of the molecule is [B]1CCCCSO1. The standard InChI is InChI=1S/C4H8BOS/c1-2-4-7-6-5-3-1/h1-4H2. The third-order valence-corrected chi connectivity index (χ3v) is 1.66. The first-order chi connectivity index (χ1) is 3.50. The van der Waals surface area contributed by atoms with Crippen molar-refractivity contribution in [2.45, 2.75) is 19.2 Å². The fraction of sp³-hybridized carbons (Fsp3) is 1.00. The van der Waals surface area contributed by atoms with E-state index in [-0.39, 0.29) is 0 Å². The van der Waals surface area contributed by atoms with Gasteiger partial charge in [-0.1, -0.05) is 12.7 Å². The zero-order valence-corrected chi connectivity index (χ0v) is 5.04. The average Bonchev–Trinajstić information content (AvgIpc) is 1.90. The Hall–Kier alpha value is 0.375. The molecule has 1 saturated heterocycles. The molecular formula is C4H8BOS. The van der Waals surface area contributed by atoms with Crippen LogP contribution in [-0.2, 0) is 4.10 Å². The van der Waals surface area contributed by atoms with Gasteiger partial charge < -0.3 is 4.10 Å². The van der Waals surface area contributed by atoms with E-state index in [4.69, 9.17) is 4.10 Å². The molecule has 0 bridgehead atoms.